The van der Waals surface area contributed by atoms with Gasteiger partial charge >= 0.3 is 0 Å². The Morgan fingerprint density at radius 2 is 2.24 bits per heavy atom. The number of ether oxygens (including phenoxy) is 1. The van der Waals surface area contributed by atoms with Crippen LogP contribution in [0.15, 0.2) is 4.99 Å². The SMILES string of the molecule is CCc1nn(C)c(OC)c1CNC(N)=NC.I. The van der Waals surface area contributed by atoms with Gasteiger partial charge in [-0.2, -0.15) is 5.10 Å². The van der Waals surface area contributed by atoms with Gasteiger partial charge < -0.3 is 15.8 Å². The molecule has 0 aromatic carbocycles. The van der Waals surface area contributed by atoms with Gasteiger partial charge in [0.05, 0.1) is 24.9 Å². The van der Waals surface area contributed by atoms with Crippen LogP contribution in [0.3, 0.4) is 0 Å². The standard InChI is InChI=1S/C10H19N5O.HI/c1-5-8-7(6-13-10(11)12-2)9(16-4)15(3)14-8;/h5-6H2,1-4H3,(H3,11,12,13);1H. The maximum atomic E-state index is 5.58. The number of aryl methyl sites for hydroxylation is 2. The zero-order valence-electron chi connectivity index (χ0n) is 10.6. The number of hydrogen-bond acceptors (Lipinski definition) is 3. The lowest BCUT2D eigenvalue weighted by atomic mass is 10.2. The van der Waals surface area contributed by atoms with Crippen LogP contribution in [0.1, 0.15) is 18.2 Å². The summed E-state index contributed by atoms with van der Waals surface area (Å²) in [5, 5.41) is 7.38. The molecule has 6 nitrogen and oxygen atoms in total. The van der Waals surface area contributed by atoms with Crippen LogP contribution in [0.2, 0.25) is 0 Å². The highest BCUT2D eigenvalue weighted by molar-refractivity contribution is 14.0. The summed E-state index contributed by atoms with van der Waals surface area (Å²) < 4.78 is 7.04. The van der Waals surface area contributed by atoms with Crippen molar-refractivity contribution < 1.29 is 4.74 Å². The van der Waals surface area contributed by atoms with Crippen molar-refractivity contribution in [1.82, 2.24) is 15.1 Å². The topological polar surface area (TPSA) is 77.5 Å². The average molecular weight is 353 g/mol. The number of halogens is 1. The predicted octanol–water partition coefficient (Wildman–Crippen LogP) is 0.643. The van der Waals surface area contributed by atoms with Crippen LogP contribution in [0, 0.1) is 0 Å². The summed E-state index contributed by atoms with van der Waals surface area (Å²) in [6, 6.07) is 0. The van der Waals surface area contributed by atoms with Crippen LogP contribution < -0.4 is 15.8 Å². The number of aromatic nitrogens is 2. The van der Waals surface area contributed by atoms with Crippen molar-refractivity contribution in [2.75, 3.05) is 14.2 Å². The molecular formula is C10H20IN5O. The predicted molar refractivity (Wildman–Crippen MR) is 78.9 cm³/mol. The molecule has 0 spiro atoms. The minimum atomic E-state index is 0. The lowest BCUT2D eigenvalue weighted by Crippen LogP contribution is -2.31. The number of nitrogens with one attached hydrogen (secondary N) is 1. The Balaban J connectivity index is 0.00000256. The molecule has 0 saturated carbocycles. The number of hydrogen-bond donors (Lipinski definition) is 2. The number of methoxy groups -OCH3 is 1. The summed E-state index contributed by atoms with van der Waals surface area (Å²) >= 11 is 0. The first-order valence-corrected chi connectivity index (χ1v) is 5.18. The number of nitrogens with zero attached hydrogens (tertiary/aromatic N) is 3. The summed E-state index contributed by atoms with van der Waals surface area (Å²) in [7, 11) is 5.14. The van der Waals surface area contributed by atoms with E-state index in [0.29, 0.717) is 12.5 Å². The largest absolute Gasteiger partial charge is 0.481 e. The maximum Gasteiger partial charge on any atom is 0.216 e. The average Bonchev–Trinajstić information content (AvgIpc) is 2.61. The van der Waals surface area contributed by atoms with E-state index in [1.165, 1.54) is 0 Å². The second kappa shape index (κ2) is 7.36. The lowest BCUT2D eigenvalue weighted by molar-refractivity contribution is 0.369. The van der Waals surface area contributed by atoms with E-state index in [1.807, 2.05) is 7.05 Å². The molecule has 0 fully saturated rings. The molecule has 0 aliphatic heterocycles. The van der Waals surface area contributed by atoms with Crippen molar-refractivity contribution in [3.63, 3.8) is 0 Å². The molecule has 7 heteroatoms. The van der Waals surface area contributed by atoms with Gasteiger partial charge in [0.25, 0.3) is 0 Å². The van der Waals surface area contributed by atoms with Gasteiger partial charge in [-0.05, 0) is 6.42 Å². The molecule has 0 atom stereocenters. The van der Waals surface area contributed by atoms with Crippen LogP contribution in [-0.4, -0.2) is 29.9 Å². The Labute approximate surface area is 119 Å². The van der Waals surface area contributed by atoms with Crippen molar-refractivity contribution in [3.05, 3.63) is 11.3 Å². The third-order valence-electron chi connectivity index (χ3n) is 2.39. The minimum absolute atomic E-state index is 0. The summed E-state index contributed by atoms with van der Waals surface area (Å²) in [5.41, 5.74) is 7.62. The molecule has 1 rings (SSSR count). The summed E-state index contributed by atoms with van der Waals surface area (Å²) in [5.74, 6) is 1.17. The molecule has 1 heterocycles. The second-order valence-electron chi connectivity index (χ2n) is 3.37. The van der Waals surface area contributed by atoms with Crippen molar-refractivity contribution >= 4 is 29.9 Å². The molecule has 1 aromatic heterocycles. The van der Waals surface area contributed by atoms with E-state index < -0.39 is 0 Å². The highest BCUT2D eigenvalue weighted by atomic mass is 127. The highest BCUT2D eigenvalue weighted by Gasteiger charge is 2.15. The monoisotopic (exact) mass is 353 g/mol. The Morgan fingerprint density at radius 3 is 2.71 bits per heavy atom. The van der Waals surface area contributed by atoms with Crippen molar-refractivity contribution in [2.24, 2.45) is 17.8 Å². The molecular weight excluding hydrogens is 333 g/mol. The fourth-order valence-electron chi connectivity index (χ4n) is 1.58. The first kappa shape index (κ1) is 16.0. The van der Waals surface area contributed by atoms with Crippen molar-refractivity contribution in [2.45, 2.75) is 19.9 Å². The van der Waals surface area contributed by atoms with Gasteiger partial charge in [0.1, 0.15) is 0 Å². The van der Waals surface area contributed by atoms with E-state index in [0.717, 1.165) is 23.6 Å². The Bertz CT molecular complexity index is 388. The van der Waals surface area contributed by atoms with Crippen molar-refractivity contribution in [1.29, 1.82) is 0 Å². The quantitative estimate of drug-likeness (QED) is 0.473. The van der Waals surface area contributed by atoms with E-state index in [4.69, 9.17) is 10.5 Å². The molecule has 0 saturated heterocycles. The number of rotatable bonds is 4. The minimum Gasteiger partial charge on any atom is -0.481 e. The molecule has 1 aromatic rings. The van der Waals surface area contributed by atoms with E-state index in [2.05, 4.69) is 22.3 Å². The number of aliphatic imine (C=N–C) groups is 1. The van der Waals surface area contributed by atoms with E-state index in [-0.39, 0.29) is 24.0 Å². The lowest BCUT2D eigenvalue weighted by Gasteiger charge is -2.07. The first-order chi connectivity index (χ1) is 7.63. The Kier molecular flexibility index (Phi) is 6.93. The molecule has 0 aliphatic rings. The van der Waals surface area contributed by atoms with Crippen LogP contribution >= 0.6 is 24.0 Å². The molecule has 0 aliphatic carbocycles. The van der Waals surface area contributed by atoms with Gasteiger partial charge in [-0.15, -0.1) is 24.0 Å². The van der Waals surface area contributed by atoms with Crippen molar-refractivity contribution in [3.8, 4) is 5.88 Å². The van der Waals surface area contributed by atoms with E-state index in [9.17, 15) is 0 Å². The highest BCUT2D eigenvalue weighted by Crippen LogP contribution is 2.21. The fraction of sp³-hybridized carbons (Fsp3) is 0.600. The zero-order valence-corrected chi connectivity index (χ0v) is 13.0. The van der Waals surface area contributed by atoms with Gasteiger partial charge in [-0.1, -0.05) is 6.92 Å². The summed E-state index contributed by atoms with van der Waals surface area (Å²) in [6.07, 6.45) is 0.859. The molecule has 0 unspecified atom stereocenters. The molecule has 0 amide bonds. The summed E-state index contributed by atoms with van der Waals surface area (Å²) in [4.78, 5) is 3.84. The van der Waals surface area contributed by atoms with Crippen LogP contribution in [0.5, 0.6) is 5.88 Å². The van der Waals surface area contributed by atoms with Gasteiger partial charge in [-0.3, -0.25) is 4.99 Å². The van der Waals surface area contributed by atoms with Gasteiger partial charge in [-0.25, -0.2) is 4.68 Å². The molecule has 0 bridgehead atoms. The molecule has 0 radical (unpaired) electrons. The zero-order chi connectivity index (χ0) is 12.1. The first-order valence-electron chi connectivity index (χ1n) is 5.18. The Morgan fingerprint density at radius 1 is 1.59 bits per heavy atom. The van der Waals surface area contributed by atoms with Crippen LogP contribution in [0.4, 0.5) is 0 Å². The number of guanidine groups is 1. The van der Waals surface area contributed by atoms with E-state index >= 15 is 0 Å². The van der Waals surface area contributed by atoms with E-state index in [1.54, 1.807) is 18.8 Å². The molecule has 3 N–H and O–H groups in total. The summed E-state index contributed by atoms with van der Waals surface area (Å²) in [6.45, 7) is 2.63. The smallest absolute Gasteiger partial charge is 0.216 e. The van der Waals surface area contributed by atoms with Crippen LogP contribution in [-0.2, 0) is 20.0 Å². The number of nitrogens with two attached hydrogens (primary N) is 1. The Hall–Kier alpha value is -0.990. The van der Waals surface area contributed by atoms with Gasteiger partial charge in [0, 0.05) is 14.1 Å². The third kappa shape index (κ3) is 3.76. The second-order valence-corrected chi connectivity index (χ2v) is 3.37. The van der Waals surface area contributed by atoms with Gasteiger partial charge in [0.15, 0.2) is 5.96 Å². The normalized spacial score (nSPS) is 10.9. The maximum absolute atomic E-state index is 5.58. The van der Waals surface area contributed by atoms with Crippen LogP contribution in [0.25, 0.3) is 0 Å². The fourth-order valence-corrected chi connectivity index (χ4v) is 1.58. The molecule has 17 heavy (non-hydrogen) atoms. The van der Waals surface area contributed by atoms with Gasteiger partial charge in [0.2, 0.25) is 5.88 Å². The molecule has 98 valence electrons. The third-order valence-corrected chi connectivity index (χ3v) is 2.39.